The molecule has 0 saturated carbocycles. The molecular formula is C30H19Br2NO2. The lowest BCUT2D eigenvalue weighted by Crippen LogP contribution is -2.56. The minimum absolute atomic E-state index is 0.173. The molecule has 3 nitrogen and oxygen atoms in total. The van der Waals surface area contributed by atoms with Crippen LogP contribution >= 0.6 is 31.9 Å². The highest BCUT2D eigenvalue weighted by Gasteiger charge is 2.72. The molecule has 5 heteroatoms. The van der Waals surface area contributed by atoms with E-state index in [1.54, 1.807) is 0 Å². The zero-order valence-corrected chi connectivity index (χ0v) is 21.7. The standard InChI is InChI=1S/C30H19Br2NO2/c31-29-20-13-5-6-14-21(20)30(32,23-16-8-7-15-22(23)29)26-25(29)27(34)33(28(26)35)24-17-9-4-12-19(24)18-10-2-1-3-11-18/h1-17,25-26H/t25-,26+,29?,30?. The molecular weight excluding hydrogens is 566 g/mol. The molecule has 0 spiro atoms. The van der Waals surface area contributed by atoms with Crippen molar-refractivity contribution < 1.29 is 9.59 Å². The zero-order valence-electron chi connectivity index (χ0n) is 18.5. The summed E-state index contributed by atoms with van der Waals surface area (Å²) in [6.07, 6.45) is 0. The number of hydrogen-bond donors (Lipinski definition) is 0. The summed E-state index contributed by atoms with van der Waals surface area (Å²) in [4.78, 5) is 30.1. The van der Waals surface area contributed by atoms with Gasteiger partial charge in [0.25, 0.3) is 0 Å². The number of nitrogens with zero attached hydrogens (tertiary/aromatic N) is 1. The summed E-state index contributed by atoms with van der Waals surface area (Å²) in [5.41, 5.74) is 6.61. The van der Waals surface area contributed by atoms with Crippen molar-refractivity contribution in [3.8, 4) is 11.1 Å². The van der Waals surface area contributed by atoms with Crippen LogP contribution in [0.3, 0.4) is 0 Å². The van der Waals surface area contributed by atoms with Gasteiger partial charge in [-0.15, -0.1) is 0 Å². The van der Waals surface area contributed by atoms with Crippen LogP contribution in [0.5, 0.6) is 0 Å². The third-order valence-corrected chi connectivity index (χ3v) is 10.5. The molecule has 0 N–H and O–H groups in total. The highest BCUT2D eigenvalue weighted by molar-refractivity contribution is 9.10. The molecule has 4 aromatic rings. The lowest BCUT2D eigenvalue weighted by atomic mass is 9.54. The largest absolute Gasteiger partial charge is 0.274 e. The van der Waals surface area contributed by atoms with Gasteiger partial charge in [-0.25, -0.2) is 4.90 Å². The van der Waals surface area contributed by atoms with Crippen LogP contribution in [0.15, 0.2) is 103 Å². The summed E-state index contributed by atoms with van der Waals surface area (Å²) in [5.74, 6) is -1.51. The first kappa shape index (κ1) is 21.3. The van der Waals surface area contributed by atoms with Gasteiger partial charge < -0.3 is 0 Å². The average molecular weight is 585 g/mol. The van der Waals surface area contributed by atoms with E-state index in [9.17, 15) is 9.59 Å². The first-order valence-corrected chi connectivity index (χ1v) is 13.2. The van der Waals surface area contributed by atoms with Crippen molar-refractivity contribution >= 4 is 49.4 Å². The van der Waals surface area contributed by atoms with Crippen LogP contribution in [0.25, 0.3) is 11.1 Å². The second-order valence-electron chi connectivity index (χ2n) is 9.37. The van der Waals surface area contributed by atoms with Gasteiger partial charge in [-0.05, 0) is 33.9 Å². The van der Waals surface area contributed by atoms with Gasteiger partial charge in [0.05, 0.1) is 26.2 Å². The van der Waals surface area contributed by atoms with Crippen molar-refractivity contribution in [1.82, 2.24) is 0 Å². The van der Waals surface area contributed by atoms with Crippen LogP contribution in [-0.4, -0.2) is 11.8 Å². The van der Waals surface area contributed by atoms with Crippen LogP contribution in [0.1, 0.15) is 22.3 Å². The van der Waals surface area contributed by atoms with Crippen molar-refractivity contribution in [1.29, 1.82) is 0 Å². The van der Waals surface area contributed by atoms with E-state index in [4.69, 9.17) is 0 Å². The Morgan fingerprint density at radius 3 is 1.43 bits per heavy atom. The monoisotopic (exact) mass is 583 g/mol. The fourth-order valence-electron chi connectivity index (χ4n) is 6.44. The summed E-state index contributed by atoms with van der Waals surface area (Å²) in [7, 11) is 0. The van der Waals surface area contributed by atoms with Crippen molar-refractivity contribution in [2.75, 3.05) is 4.90 Å². The molecule has 2 amide bonds. The maximum atomic E-state index is 14.3. The number of hydrogen-bond acceptors (Lipinski definition) is 2. The molecule has 3 aliphatic carbocycles. The lowest BCUT2D eigenvalue weighted by Gasteiger charge is -2.55. The maximum Gasteiger partial charge on any atom is 0.239 e. The van der Waals surface area contributed by atoms with Crippen LogP contribution in [-0.2, 0) is 18.2 Å². The Labute approximate surface area is 220 Å². The number of anilines is 1. The normalized spacial score (nSPS) is 28.0. The molecule has 1 aliphatic heterocycles. The van der Waals surface area contributed by atoms with E-state index in [0.29, 0.717) is 5.69 Å². The predicted octanol–water partition coefficient (Wildman–Crippen LogP) is 6.76. The minimum Gasteiger partial charge on any atom is -0.274 e. The first-order valence-electron chi connectivity index (χ1n) is 11.6. The Kier molecular flexibility index (Phi) is 4.41. The SMILES string of the molecule is O=C1[C@@H]2[C@H](C(=O)N1c1ccccc1-c1ccccc1)C1(Br)c3ccccc3C2(Br)c2ccccc21. The molecule has 170 valence electrons. The number of alkyl halides is 2. The summed E-state index contributed by atoms with van der Waals surface area (Å²) in [6, 6.07) is 33.9. The molecule has 1 fully saturated rings. The van der Waals surface area contributed by atoms with Gasteiger partial charge in [0.1, 0.15) is 0 Å². The van der Waals surface area contributed by atoms with E-state index in [2.05, 4.69) is 56.1 Å². The Bertz CT molecular complexity index is 1430. The van der Waals surface area contributed by atoms with Crippen LogP contribution in [0.2, 0.25) is 0 Å². The van der Waals surface area contributed by atoms with Crippen molar-refractivity contribution in [3.63, 3.8) is 0 Å². The highest BCUT2D eigenvalue weighted by atomic mass is 79.9. The number of halogens is 2. The lowest BCUT2D eigenvalue weighted by molar-refractivity contribution is -0.122. The second kappa shape index (κ2) is 7.25. The Morgan fingerprint density at radius 2 is 0.943 bits per heavy atom. The van der Waals surface area contributed by atoms with Gasteiger partial charge in [-0.2, -0.15) is 0 Å². The molecule has 1 saturated heterocycles. The fraction of sp³-hybridized carbons (Fsp3) is 0.133. The molecule has 35 heavy (non-hydrogen) atoms. The molecule has 4 aromatic carbocycles. The van der Waals surface area contributed by atoms with E-state index >= 15 is 0 Å². The number of carbonyl (C=O) groups excluding carboxylic acids is 2. The van der Waals surface area contributed by atoms with Crippen molar-refractivity contribution in [2.24, 2.45) is 11.8 Å². The Balaban J connectivity index is 1.49. The van der Waals surface area contributed by atoms with E-state index in [1.165, 1.54) is 4.90 Å². The van der Waals surface area contributed by atoms with Crippen LogP contribution in [0.4, 0.5) is 5.69 Å². The number of carbonyl (C=O) groups is 2. The summed E-state index contributed by atoms with van der Waals surface area (Å²) in [5, 5.41) is 0. The molecule has 0 radical (unpaired) electrons. The molecule has 8 rings (SSSR count). The quantitative estimate of drug-likeness (QED) is 0.193. The van der Waals surface area contributed by atoms with Gasteiger partial charge in [-0.1, -0.05) is 129 Å². The molecule has 1 heterocycles. The average Bonchev–Trinajstić information content (AvgIpc) is 3.18. The fourth-order valence-corrected chi connectivity index (χ4v) is 8.74. The third-order valence-electron chi connectivity index (χ3n) is 7.82. The van der Waals surface area contributed by atoms with E-state index in [0.717, 1.165) is 33.4 Å². The molecule has 4 aliphatic rings. The number of rotatable bonds is 2. The number of amides is 2. The summed E-state index contributed by atoms with van der Waals surface area (Å²) < 4.78 is -1.58. The summed E-state index contributed by atoms with van der Waals surface area (Å²) in [6.45, 7) is 0. The number of para-hydroxylation sites is 1. The van der Waals surface area contributed by atoms with Crippen molar-refractivity contribution in [3.05, 3.63) is 125 Å². The van der Waals surface area contributed by atoms with Crippen LogP contribution in [0, 0.1) is 11.8 Å². The van der Waals surface area contributed by atoms with Crippen molar-refractivity contribution in [2.45, 2.75) is 8.65 Å². The van der Waals surface area contributed by atoms with Gasteiger partial charge in [-0.3, -0.25) is 9.59 Å². The first-order chi connectivity index (χ1) is 17.0. The molecule has 2 atom stereocenters. The van der Waals surface area contributed by atoms with Gasteiger partial charge >= 0.3 is 0 Å². The number of benzene rings is 4. The summed E-state index contributed by atoms with van der Waals surface area (Å²) >= 11 is 8.14. The predicted molar refractivity (Wildman–Crippen MR) is 144 cm³/mol. The van der Waals surface area contributed by atoms with Gasteiger partial charge in [0.15, 0.2) is 0 Å². The molecule has 0 aromatic heterocycles. The zero-order chi connectivity index (χ0) is 23.9. The van der Waals surface area contributed by atoms with E-state index < -0.39 is 20.5 Å². The second-order valence-corrected chi connectivity index (χ2v) is 11.9. The minimum atomic E-state index is -0.788. The molecule has 2 bridgehead atoms. The third kappa shape index (κ3) is 2.50. The molecule has 0 unspecified atom stereocenters. The number of imide groups is 1. The highest BCUT2D eigenvalue weighted by Crippen LogP contribution is 2.71. The Hall–Kier alpha value is -3.02. The maximum absolute atomic E-state index is 14.3. The van der Waals surface area contributed by atoms with E-state index in [-0.39, 0.29) is 11.8 Å². The smallest absolute Gasteiger partial charge is 0.239 e. The van der Waals surface area contributed by atoms with Gasteiger partial charge in [0.2, 0.25) is 11.8 Å². The van der Waals surface area contributed by atoms with Gasteiger partial charge in [0, 0.05) is 5.56 Å². The topological polar surface area (TPSA) is 37.4 Å². The van der Waals surface area contributed by atoms with Crippen LogP contribution < -0.4 is 4.90 Å². The Morgan fingerprint density at radius 1 is 0.543 bits per heavy atom. The van der Waals surface area contributed by atoms with E-state index in [1.807, 2.05) is 78.9 Å².